The second kappa shape index (κ2) is 6.98. The van der Waals surface area contributed by atoms with Gasteiger partial charge >= 0.3 is 0 Å². The smallest absolute Gasteiger partial charge is 0.271 e. The van der Waals surface area contributed by atoms with Gasteiger partial charge in [0, 0.05) is 5.56 Å². The lowest BCUT2D eigenvalue weighted by Gasteiger charge is -2.03. The molecule has 9 heteroatoms. The first-order chi connectivity index (χ1) is 12.5. The average molecular weight is 349 g/mol. The molecule has 1 aliphatic heterocycles. The van der Waals surface area contributed by atoms with E-state index in [4.69, 9.17) is 5.26 Å². The van der Waals surface area contributed by atoms with Crippen molar-refractivity contribution < 1.29 is 9.59 Å². The second-order valence-corrected chi connectivity index (χ2v) is 5.57. The van der Waals surface area contributed by atoms with E-state index < -0.39 is 17.7 Å². The number of benzene rings is 1. The molecule has 1 aromatic carbocycles. The molecule has 1 aromatic heterocycles. The number of nitrogens with zero attached hydrogens (tertiary/aromatic N) is 5. The largest absolute Gasteiger partial charge is 0.289 e. The number of hydrogen-bond acceptors (Lipinski definition) is 6. The van der Waals surface area contributed by atoms with Crippen molar-refractivity contribution in [2.24, 2.45) is 16.1 Å². The number of nitrogens with one attached hydrogen (secondary N) is 2. The summed E-state index contributed by atoms with van der Waals surface area (Å²) in [4.78, 5) is 23.4. The Bertz CT molecular complexity index is 967. The Labute approximate surface area is 149 Å². The minimum absolute atomic E-state index is 0.205. The van der Waals surface area contributed by atoms with Crippen LogP contribution < -0.4 is 10.9 Å². The zero-order chi connectivity index (χ0) is 18.7. The molecule has 2 aromatic rings. The Morgan fingerprint density at radius 3 is 2.81 bits per heavy atom. The van der Waals surface area contributed by atoms with E-state index in [1.54, 1.807) is 10.8 Å². The number of hydrogen-bond donors (Lipinski definition) is 2. The average Bonchev–Trinajstić information content (AvgIpc) is 3.16. The van der Waals surface area contributed by atoms with Crippen LogP contribution in [0.3, 0.4) is 0 Å². The summed E-state index contributed by atoms with van der Waals surface area (Å²) in [7, 11) is 0. The Balaban J connectivity index is 1.76. The van der Waals surface area contributed by atoms with Gasteiger partial charge in [0.25, 0.3) is 11.8 Å². The minimum Gasteiger partial charge on any atom is -0.271 e. The van der Waals surface area contributed by atoms with Crippen LogP contribution in [0.25, 0.3) is 5.69 Å². The number of carbonyl (C=O) groups excluding carboxylic acids is 2. The zero-order valence-corrected chi connectivity index (χ0v) is 14.1. The summed E-state index contributed by atoms with van der Waals surface area (Å²) >= 11 is 0. The van der Waals surface area contributed by atoms with Crippen LogP contribution in [0.4, 0.5) is 0 Å². The summed E-state index contributed by atoms with van der Waals surface area (Å²) in [5, 5.41) is 20.9. The van der Waals surface area contributed by atoms with Crippen LogP contribution in [0.2, 0.25) is 0 Å². The lowest BCUT2D eigenvalue weighted by atomic mass is 10.1. The third-order valence-electron chi connectivity index (χ3n) is 3.89. The van der Waals surface area contributed by atoms with Crippen LogP contribution in [-0.2, 0) is 9.59 Å². The number of nitriles is 1. The van der Waals surface area contributed by atoms with Crippen molar-refractivity contribution in [3.8, 4) is 11.8 Å². The fourth-order valence-corrected chi connectivity index (χ4v) is 2.55. The molecule has 1 aliphatic rings. The van der Waals surface area contributed by atoms with Gasteiger partial charge in [0.1, 0.15) is 0 Å². The van der Waals surface area contributed by atoms with Crippen LogP contribution in [-0.4, -0.2) is 33.5 Å². The molecule has 26 heavy (non-hydrogen) atoms. The fourth-order valence-electron chi connectivity index (χ4n) is 2.55. The molecular weight excluding hydrogens is 334 g/mol. The van der Waals surface area contributed by atoms with Crippen molar-refractivity contribution in [3.05, 3.63) is 47.3 Å². The molecule has 3 rings (SSSR count). The van der Waals surface area contributed by atoms with Crippen LogP contribution in [0, 0.1) is 31.1 Å². The maximum Gasteiger partial charge on any atom is 0.289 e. The number of carbonyl (C=O) groups is 2. The summed E-state index contributed by atoms with van der Waals surface area (Å²) in [6.07, 6.45) is 1.47. The van der Waals surface area contributed by atoms with Crippen molar-refractivity contribution in [1.82, 2.24) is 20.6 Å². The van der Waals surface area contributed by atoms with E-state index in [9.17, 15) is 9.59 Å². The summed E-state index contributed by atoms with van der Waals surface area (Å²) in [5.41, 5.74) is 7.45. The summed E-state index contributed by atoms with van der Waals surface area (Å²) in [6, 6.07) is 11.4. The van der Waals surface area contributed by atoms with Gasteiger partial charge in [0.2, 0.25) is 0 Å². The molecular formula is C17H15N7O2. The molecule has 2 N–H and O–H groups in total. The van der Waals surface area contributed by atoms with Gasteiger partial charge in [-0.1, -0.05) is 18.2 Å². The predicted octanol–water partition coefficient (Wildman–Crippen LogP) is 0.565. The second-order valence-electron chi connectivity index (χ2n) is 5.57. The summed E-state index contributed by atoms with van der Waals surface area (Å²) in [6.45, 7) is 3.73. The Hall–Kier alpha value is -3.80. The first-order valence-electron chi connectivity index (χ1n) is 7.75. The number of aryl methyl sites for hydroxylation is 1. The van der Waals surface area contributed by atoms with Crippen LogP contribution in [0.1, 0.15) is 17.0 Å². The molecule has 1 atom stereocenters. The molecule has 0 spiro atoms. The number of hydrazone groups is 2. The first kappa shape index (κ1) is 17.0. The SMILES string of the molecule is Cc1nn(-c2ccccc2)c(C)c1/C=N/NC(=O)C1=NNC(=O)C1C#N. The summed E-state index contributed by atoms with van der Waals surface area (Å²) < 4.78 is 1.79. The van der Waals surface area contributed by atoms with Crippen molar-refractivity contribution in [2.75, 3.05) is 0 Å². The normalized spacial score (nSPS) is 16.3. The van der Waals surface area contributed by atoms with E-state index in [1.807, 2.05) is 44.2 Å². The highest BCUT2D eigenvalue weighted by molar-refractivity contribution is 6.45. The monoisotopic (exact) mass is 349 g/mol. The molecule has 0 saturated carbocycles. The van der Waals surface area contributed by atoms with E-state index in [0.29, 0.717) is 0 Å². The van der Waals surface area contributed by atoms with Gasteiger partial charge in [-0.2, -0.15) is 20.6 Å². The lowest BCUT2D eigenvalue weighted by Crippen LogP contribution is -2.33. The van der Waals surface area contributed by atoms with Gasteiger partial charge in [-0.15, -0.1) is 0 Å². The zero-order valence-electron chi connectivity index (χ0n) is 14.1. The Morgan fingerprint density at radius 1 is 1.38 bits per heavy atom. The van der Waals surface area contributed by atoms with Crippen molar-refractivity contribution >= 4 is 23.7 Å². The number of rotatable bonds is 4. The van der Waals surface area contributed by atoms with Crippen LogP contribution >= 0.6 is 0 Å². The Kier molecular flexibility index (Phi) is 4.57. The van der Waals surface area contributed by atoms with E-state index in [1.165, 1.54) is 6.21 Å². The minimum atomic E-state index is -1.23. The van der Waals surface area contributed by atoms with Crippen molar-refractivity contribution in [1.29, 1.82) is 5.26 Å². The highest BCUT2D eigenvalue weighted by Crippen LogP contribution is 2.16. The number of amides is 2. The molecule has 2 heterocycles. The molecule has 0 radical (unpaired) electrons. The maximum absolute atomic E-state index is 12.0. The summed E-state index contributed by atoms with van der Waals surface area (Å²) in [5.74, 6) is -2.57. The molecule has 1 unspecified atom stereocenters. The van der Waals surface area contributed by atoms with Crippen molar-refractivity contribution in [3.63, 3.8) is 0 Å². The first-order valence-corrected chi connectivity index (χ1v) is 7.75. The standard InChI is InChI=1S/C17H15N7O2/c1-10-14(11(2)24(23-10)12-6-4-3-5-7-12)9-19-21-17(26)15-13(8-18)16(25)22-20-15/h3-7,9,13H,1-2H3,(H,21,26)(H,22,25)/b19-9+. The van der Waals surface area contributed by atoms with E-state index in [2.05, 4.69) is 26.2 Å². The molecule has 9 nitrogen and oxygen atoms in total. The van der Waals surface area contributed by atoms with Gasteiger partial charge in [-0.25, -0.2) is 15.5 Å². The third-order valence-corrected chi connectivity index (χ3v) is 3.89. The highest BCUT2D eigenvalue weighted by Gasteiger charge is 2.34. The Morgan fingerprint density at radius 2 is 2.12 bits per heavy atom. The fraction of sp³-hybridized carbons (Fsp3) is 0.176. The van der Waals surface area contributed by atoms with Gasteiger partial charge < -0.3 is 0 Å². The quantitative estimate of drug-likeness (QED) is 0.618. The third kappa shape index (κ3) is 3.08. The topological polar surface area (TPSA) is 125 Å². The van der Waals surface area contributed by atoms with Crippen LogP contribution in [0.15, 0.2) is 40.5 Å². The lowest BCUT2D eigenvalue weighted by molar-refractivity contribution is -0.121. The number of para-hydroxylation sites is 1. The van der Waals surface area contributed by atoms with Crippen molar-refractivity contribution in [2.45, 2.75) is 13.8 Å². The maximum atomic E-state index is 12.0. The highest BCUT2D eigenvalue weighted by atomic mass is 16.2. The molecule has 0 saturated heterocycles. The van der Waals surface area contributed by atoms with Gasteiger partial charge in [-0.05, 0) is 26.0 Å². The molecule has 0 fully saturated rings. The number of aromatic nitrogens is 2. The molecule has 130 valence electrons. The molecule has 0 aliphatic carbocycles. The van der Waals surface area contributed by atoms with E-state index >= 15 is 0 Å². The van der Waals surface area contributed by atoms with E-state index in [-0.39, 0.29) is 5.71 Å². The molecule has 2 amide bonds. The van der Waals surface area contributed by atoms with Gasteiger partial charge in [0.05, 0.1) is 29.4 Å². The predicted molar refractivity (Wildman–Crippen MR) is 93.5 cm³/mol. The molecule has 0 bridgehead atoms. The van der Waals surface area contributed by atoms with Gasteiger partial charge in [0.15, 0.2) is 11.6 Å². The van der Waals surface area contributed by atoms with Crippen LogP contribution in [0.5, 0.6) is 0 Å². The van der Waals surface area contributed by atoms with E-state index in [0.717, 1.165) is 22.6 Å². The van der Waals surface area contributed by atoms with Gasteiger partial charge in [-0.3, -0.25) is 9.59 Å².